The number of rotatable bonds is 14. The molecule has 0 unspecified atom stereocenters. The van der Waals surface area contributed by atoms with Crippen LogP contribution in [0.15, 0.2) is 42.0 Å². The first-order chi connectivity index (χ1) is 12.8. The maximum atomic E-state index is 11.5. The second-order valence-electron chi connectivity index (χ2n) is 7.68. The molecule has 0 aliphatic carbocycles. The number of carbonyl (C=O) groups excluding carboxylic acids is 1. The van der Waals surface area contributed by atoms with Crippen LogP contribution < -0.4 is 0 Å². The summed E-state index contributed by atoms with van der Waals surface area (Å²) in [6.07, 6.45) is 18.7. The fourth-order valence-corrected chi connectivity index (χ4v) is 3.70. The van der Waals surface area contributed by atoms with Crippen LogP contribution in [0, 0.1) is 0 Å². The lowest BCUT2D eigenvalue weighted by Gasteiger charge is -2.04. The van der Waals surface area contributed by atoms with Crippen LogP contribution in [0.5, 0.6) is 0 Å². The minimum atomic E-state index is -0.0960. The quantitative estimate of drug-likeness (QED) is 0.271. The zero-order valence-electron chi connectivity index (χ0n) is 16.6. The summed E-state index contributed by atoms with van der Waals surface area (Å²) >= 11 is 0. The maximum absolute atomic E-state index is 11.5. The molecular weight excluding hydrogens is 320 g/mol. The van der Waals surface area contributed by atoms with E-state index in [9.17, 15) is 4.79 Å². The Labute approximate surface area is 160 Å². The van der Waals surface area contributed by atoms with Crippen LogP contribution in [-0.2, 0) is 16.0 Å². The summed E-state index contributed by atoms with van der Waals surface area (Å²) in [6, 6.07) is 10.8. The van der Waals surface area contributed by atoms with E-state index >= 15 is 0 Å². The van der Waals surface area contributed by atoms with Crippen LogP contribution >= 0.6 is 0 Å². The average molecular weight is 357 g/mol. The zero-order valence-corrected chi connectivity index (χ0v) is 16.6. The number of carbonyl (C=O) groups is 1. The van der Waals surface area contributed by atoms with Crippen LogP contribution in [-0.4, -0.2) is 12.1 Å². The number of hydrogen-bond acceptors (Lipinski definition) is 2. The molecule has 0 radical (unpaired) electrons. The van der Waals surface area contributed by atoms with E-state index in [1.54, 1.807) is 0 Å². The van der Waals surface area contributed by atoms with Gasteiger partial charge in [-0.05, 0) is 44.2 Å². The second-order valence-corrected chi connectivity index (χ2v) is 7.68. The van der Waals surface area contributed by atoms with Gasteiger partial charge >= 0.3 is 5.97 Å². The summed E-state index contributed by atoms with van der Waals surface area (Å²) in [5.41, 5.74) is 2.37. The molecule has 2 rings (SSSR count). The lowest BCUT2D eigenvalue weighted by Crippen LogP contribution is -2.03. The van der Waals surface area contributed by atoms with Gasteiger partial charge in [0.25, 0.3) is 0 Å². The minimum Gasteiger partial charge on any atom is -0.455 e. The molecule has 0 N–H and O–H groups in total. The molecule has 144 valence electrons. The first kappa shape index (κ1) is 20.7. The highest BCUT2D eigenvalue weighted by molar-refractivity contribution is 5.90. The lowest BCUT2D eigenvalue weighted by atomic mass is 10.0. The maximum Gasteiger partial charge on any atom is 0.334 e. The smallest absolute Gasteiger partial charge is 0.334 e. The topological polar surface area (TPSA) is 26.3 Å². The van der Waals surface area contributed by atoms with E-state index in [2.05, 4.69) is 30.3 Å². The van der Waals surface area contributed by atoms with Crippen molar-refractivity contribution >= 4 is 5.97 Å². The normalized spacial score (nSPS) is 16.6. The van der Waals surface area contributed by atoms with Gasteiger partial charge in [0.15, 0.2) is 0 Å². The third-order valence-electron chi connectivity index (χ3n) is 5.25. The average Bonchev–Trinajstić information content (AvgIpc) is 2.97. The number of esters is 1. The molecule has 0 bridgehead atoms. The molecule has 1 aromatic rings. The van der Waals surface area contributed by atoms with Crippen LogP contribution in [0.25, 0.3) is 0 Å². The van der Waals surface area contributed by atoms with Crippen LogP contribution in [0.4, 0.5) is 0 Å². The Bertz CT molecular complexity index is 532. The SMILES string of the molecule is C[C@H]1C=C(CCCCCCCCCCCCCc2ccccc2)C(=O)O1. The number of aryl methyl sites for hydroxylation is 1. The predicted octanol–water partition coefficient (Wildman–Crippen LogP) is 6.78. The van der Waals surface area contributed by atoms with Crippen molar-refractivity contribution in [1.29, 1.82) is 0 Å². The number of cyclic esters (lactones) is 1. The third kappa shape index (κ3) is 8.69. The highest BCUT2D eigenvalue weighted by atomic mass is 16.5. The monoisotopic (exact) mass is 356 g/mol. The highest BCUT2D eigenvalue weighted by Crippen LogP contribution is 2.20. The Morgan fingerprint density at radius 3 is 1.73 bits per heavy atom. The number of unbranched alkanes of at least 4 members (excludes halogenated alkanes) is 10. The fourth-order valence-electron chi connectivity index (χ4n) is 3.70. The minimum absolute atomic E-state index is 0.0177. The molecule has 1 aliphatic rings. The first-order valence-corrected chi connectivity index (χ1v) is 10.7. The van der Waals surface area contributed by atoms with Crippen LogP contribution in [0.2, 0.25) is 0 Å². The highest BCUT2D eigenvalue weighted by Gasteiger charge is 2.20. The van der Waals surface area contributed by atoms with Crippen molar-refractivity contribution in [3.8, 4) is 0 Å². The molecule has 1 heterocycles. The van der Waals surface area contributed by atoms with Crippen molar-refractivity contribution in [3.05, 3.63) is 47.5 Å². The van der Waals surface area contributed by atoms with E-state index in [4.69, 9.17) is 4.74 Å². The van der Waals surface area contributed by atoms with Crippen molar-refractivity contribution < 1.29 is 9.53 Å². The van der Waals surface area contributed by atoms with Gasteiger partial charge in [-0.2, -0.15) is 0 Å². The van der Waals surface area contributed by atoms with E-state index in [-0.39, 0.29) is 12.1 Å². The van der Waals surface area contributed by atoms with Crippen molar-refractivity contribution in [1.82, 2.24) is 0 Å². The molecule has 1 aromatic carbocycles. The summed E-state index contributed by atoms with van der Waals surface area (Å²) in [5, 5.41) is 0. The summed E-state index contributed by atoms with van der Waals surface area (Å²) in [4.78, 5) is 11.5. The van der Waals surface area contributed by atoms with E-state index in [0.29, 0.717) is 0 Å². The van der Waals surface area contributed by atoms with Crippen molar-refractivity contribution in [2.75, 3.05) is 0 Å². The molecule has 0 aromatic heterocycles. The van der Waals surface area contributed by atoms with Crippen LogP contribution in [0.1, 0.15) is 89.5 Å². The summed E-state index contributed by atoms with van der Waals surface area (Å²) in [6.45, 7) is 1.92. The van der Waals surface area contributed by atoms with Gasteiger partial charge in [-0.15, -0.1) is 0 Å². The molecule has 0 saturated carbocycles. The Kier molecular flexibility index (Phi) is 10.2. The molecule has 1 atom stereocenters. The van der Waals surface area contributed by atoms with Crippen molar-refractivity contribution in [3.63, 3.8) is 0 Å². The lowest BCUT2D eigenvalue weighted by molar-refractivity contribution is -0.139. The second kappa shape index (κ2) is 12.7. The Morgan fingerprint density at radius 1 is 0.731 bits per heavy atom. The van der Waals surface area contributed by atoms with E-state index < -0.39 is 0 Å². The molecule has 2 nitrogen and oxygen atoms in total. The Hall–Kier alpha value is -1.57. The molecule has 1 aliphatic heterocycles. The molecule has 0 amide bonds. The Morgan fingerprint density at radius 2 is 1.23 bits per heavy atom. The van der Waals surface area contributed by atoms with Gasteiger partial charge in [-0.25, -0.2) is 4.79 Å². The molecule has 2 heteroatoms. The largest absolute Gasteiger partial charge is 0.455 e. The number of benzene rings is 1. The van der Waals surface area contributed by atoms with E-state index in [1.165, 1.54) is 76.2 Å². The van der Waals surface area contributed by atoms with E-state index in [1.807, 2.05) is 13.0 Å². The van der Waals surface area contributed by atoms with Gasteiger partial charge in [0.05, 0.1) is 0 Å². The first-order valence-electron chi connectivity index (χ1n) is 10.7. The molecular formula is C24H36O2. The Balaban J connectivity index is 1.31. The third-order valence-corrected chi connectivity index (χ3v) is 5.25. The summed E-state index contributed by atoms with van der Waals surface area (Å²) in [5.74, 6) is -0.0960. The summed E-state index contributed by atoms with van der Waals surface area (Å²) in [7, 11) is 0. The van der Waals surface area contributed by atoms with Crippen LogP contribution in [0.3, 0.4) is 0 Å². The molecule has 0 fully saturated rings. The predicted molar refractivity (Wildman–Crippen MR) is 109 cm³/mol. The van der Waals surface area contributed by atoms with Gasteiger partial charge in [-0.1, -0.05) is 88.1 Å². The fraction of sp³-hybridized carbons (Fsp3) is 0.625. The van der Waals surface area contributed by atoms with Gasteiger partial charge in [0, 0.05) is 5.57 Å². The molecule has 0 spiro atoms. The van der Waals surface area contributed by atoms with Gasteiger partial charge < -0.3 is 4.74 Å². The molecule has 26 heavy (non-hydrogen) atoms. The van der Waals surface area contributed by atoms with Gasteiger partial charge in [-0.3, -0.25) is 0 Å². The standard InChI is InChI=1S/C24H36O2/c1-21-20-23(24(25)26-21)19-15-10-8-6-4-2-3-5-7-9-12-16-22-17-13-11-14-18-22/h11,13-14,17-18,20-21H,2-10,12,15-16,19H2,1H3/t21-/m0/s1. The van der Waals surface area contributed by atoms with Gasteiger partial charge in [0.2, 0.25) is 0 Å². The number of hydrogen-bond donors (Lipinski definition) is 0. The zero-order chi connectivity index (χ0) is 18.5. The summed E-state index contributed by atoms with van der Waals surface area (Å²) < 4.78 is 5.12. The van der Waals surface area contributed by atoms with Crippen molar-refractivity contribution in [2.45, 2.75) is 96.5 Å². The van der Waals surface area contributed by atoms with Crippen molar-refractivity contribution in [2.24, 2.45) is 0 Å². The molecule has 0 saturated heterocycles. The van der Waals surface area contributed by atoms with E-state index in [0.717, 1.165) is 18.4 Å². The van der Waals surface area contributed by atoms with Gasteiger partial charge in [0.1, 0.15) is 6.10 Å². The number of ether oxygens (including phenoxy) is 1.